The molecule has 0 aliphatic carbocycles. The first-order valence-corrected chi connectivity index (χ1v) is 5.03. The van der Waals surface area contributed by atoms with Crippen molar-refractivity contribution in [3.8, 4) is 0 Å². The van der Waals surface area contributed by atoms with Crippen molar-refractivity contribution in [3.05, 3.63) is 36.4 Å². The number of benzene rings is 1. The fourth-order valence-electron chi connectivity index (χ4n) is 1.26. The molecule has 0 bridgehead atoms. The average Bonchev–Trinajstić information content (AvgIpc) is 2.17. The van der Waals surface area contributed by atoms with Crippen LogP contribution in [0.2, 0.25) is 0 Å². The van der Waals surface area contributed by atoms with Crippen molar-refractivity contribution < 1.29 is 0 Å². The van der Waals surface area contributed by atoms with Crippen molar-refractivity contribution in [1.82, 2.24) is 10.2 Å². The summed E-state index contributed by atoms with van der Waals surface area (Å²) >= 11 is 0. The molecule has 1 aromatic carbocycles. The normalized spacial score (nSPS) is 10.3. The van der Waals surface area contributed by atoms with E-state index in [0.717, 1.165) is 30.0 Å². The first kappa shape index (κ1) is 11.6. The van der Waals surface area contributed by atoms with Crippen LogP contribution < -0.4 is 11.1 Å². The first-order chi connectivity index (χ1) is 7.09. The number of nitrogens with zero attached hydrogens (tertiary/aromatic N) is 1. The summed E-state index contributed by atoms with van der Waals surface area (Å²) in [6.07, 6.45) is 0. The summed E-state index contributed by atoms with van der Waals surface area (Å²) in [5.41, 5.74) is 8.43. The average molecular weight is 205 g/mol. The molecule has 15 heavy (non-hydrogen) atoms. The van der Waals surface area contributed by atoms with Crippen LogP contribution in [0.5, 0.6) is 0 Å². The van der Waals surface area contributed by atoms with Crippen LogP contribution >= 0.6 is 0 Å². The van der Waals surface area contributed by atoms with Gasteiger partial charge in [-0.15, -0.1) is 0 Å². The molecule has 0 amide bonds. The summed E-state index contributed by atoms with van der Waals surface area (Å²) in [6, 6.07) is 7.73. The molecule has 0 heterocycles. The number of nitrogens with one attached hydrogen (secondary N) is 1. The van der Waals surface area contributed by atoms with Crippen LogP contribution in [0, 0.1) is 0 Å². The van der Waals surface area contributed by atoms with E-state index in [-0.39, 0.29) is 0 Å². The van der Waals surface area contributed by atoms with Gasteiger partial charge < -0.3 is 16.0 Å². The van der Waals surface area contributed by atoms with E-state index in [1.165, 1.54) is 0 Å². The first-order valence-electron chi connectivity index (χ1n) is 5.03. The standard InChI is InChI=1S/C12H19N3/c1-10(14-7-8-15(2)3)11-5-4-6-12(13)9-11/h4-6,9,14H,1,7-8,13H2,2-3H3. The molecule has 0 aliphatic rings. The Morgan fingerprint density at radius 2 is 2.20 bits per heavy atom. The minimum absolute atomic E-state index is 0.767. The van der Waals surface area contributed by atoms with E-state index in [4.69, 9.17) is 5.73 Å². The van der Waals surface area contributed by atoms with E-state index in [9.17, 15) is 0 Å². The van der Waals surface area contributed by atoms with Crippen LogP contribution in [0.15, 0.2) is 30.8 Å². The van der Waals surface area contributed by atoms with E-state index in [0.29, 0.717) is 0 Å². The van der Waals surface area contributed by atoms with E-state index in [2.05, 4.69) is 16.8 Å². The summed E-state index contributed by atoms with van der Waals surface area (Å²) in [6.45, 7) is 5.85. The summed E-state index contributed by atoms with van der Waals surface area (Å²) in [4.78, 5) is 2.12. The Balaban J connectivity index is 2.47. The van der Waals surface area contributed by atoms with Crippen LogP contribution in [0.3, 0.4) is 0 Å². The zero-order valence-electron chi connectivity index (χ0n) is 9.46. The van der Waals surface area contributed by atoms with Gasteiger partial charge in [-0.1, -0.05) is 18.7 Å². The summed E-state index contributed by atoms with van der Waals surface area (Å²) in [7, 11) is 4.09. The highest BCUT2D eigenvalue weighted by atomic mass is 15.1. The molecule has 3 heteroatoms. The maximum absolute atomic E-state index is 5.70. The lowest BCUT2D eigenvalue weighted by Gasteiger charge is -2.13. The largest absolute Gasteiger partial charge is 0.399 e. The number of anilines is 1. The zero-order chi connectivity index (χ0) is 11.3. The van der Waals surface area contributed by atoms with Crippen LogP contribution in [-0.2, 0) is 0 Å². The Bertz CT molecular complexity index is 331. The summed E-state index contributed by atoms with van der Waals surface area (Å²) in [5.74, 6) is 0. The maximum Gasteiger partial charge on any atom is 0.0341 e. The Kier molecular flexibility index (Phi) is 4.18. The smallest absolute Gasteiger partial charge is 0.0341 e. The highest BCUT2D eigenvalue weighted by molar-refractivity contribution is 5.64. The molecule has 3 N–H and O–H groups in total. The van der Waals surface area contributed by atoms with Crippen LogP contribution in [0.25, 0.3) is 5.70 Å². The molecule has 1 aromatic rings. The van der Waals surface area contributed by atoms with E-state index < -0.39 is 0 Å². The van der Waals surface area contributed by atoms with Gasteiger partial charge in [0.2, 0.25) is 0 Å². The molecule has 0 aromatic heterocycles. The highest BCUT2D eigenvalue weighted by Crippen LogP contribution is 2.12. The van der Waals surface area contributed by atoms with Crippen molar-refractivity contribution in [1.29, 1.82) is 0 Å². The van der Waals surface area contributed by atoms with Crippen LogP contribution in [0.1, 0.15) is 5.56 Å². The van der Waals surface area contributed by atoms with E-state index in [1.54, 1.807) is 0 Å². The van der Waals surface area contributed by atoms with Crippen LogP contribution in [-0.4, -0.2) is 32.1 Å². The quantitative estimate of drug-likeness (QED) is 0.714. The molecule has 1 rings (SSSR count). The van der Waals surface area contributed by atoms with Crippen molar-refractivity contribution in [2.75, 3.05) is 32.9 Å². The SMILES string of the molecule is C=C(NCCN(C)C)c1cccc(N)c1. The molecular weight excluding hydrogens is 186 g/mol. The molecule has 0 fully saturated rings. The molecule has 0 saturated heterocycles. The number of hydrogen-bond acceptors (Lipinski definition) is 3. The molecule has 3 nitrogen and oxygen atoms in total. The second kappa shape index (κ2) is 5.41. The lowest BCUT2D eigenvalue weighted by atomic mass is 10.1. The van der Waals surface area contributed by atoms with Gasteiger partial charge in [0.25, 0.3) is 0 Å². The number of nitrogen functional groups attached to an aromatic ring is 1. The van der Waals surface area contributed by atoms with Gasteiger partial charge >= 0.3 is 0 Å². The van der Waals surface area contributed by atoms with Gasteiger partial charge in [0.15, 0.2) is 0 Å². The number of likely N-dealkylation sites (N-methyl/N-ethyl adjacent to an activating group) is 1. The molecule has 0 radical (unpaired) electrons. The number of rotatable bonds is 5. The van der Waals surface area contributed by atoms with Crippen LogP contribution in [0.4, 0.5) is 5.69 Å². The monoisotopic (exact) mass is 205 g/mol. The van der Waals surface area contributed by atoms with Gasteiger partial charge in [0.1, 0.15) is 0 Å². The number of hydrogen-bond donors (Lipinski definition) is 2. The zero-order valence-corrected chi connectivity index (χ0v) is 9.46. The molecule has 0 atom stereocenters. The lowest BCUT2D eigenvalue weighted by Crippen LogP contribution is -2.25. The number of nitrogens with two attached hydrogens (primary N) is 1. The predicted molar refractivity (Wildman–Crippen MR) is 66.4 cm³/mol. The second-order valence-electron chi connectivity index (χ2n) is 3.83. The predicted octanol–water partition coefficient (Wildman–Crippen LogP) is 1.39. The van der Waals surface area contributed by atoms with Gasteiger partial charge in [-0.05, 0) is 31.8 Å². The van der Waals surface area contributed by atoms with Gasteiger partial charge in [-0.25, -0.2) is 0 Å². The van der Waals surface area contributed by atoms with Gasteiger partial charge in [-0.2, -0.15) is 0 Å². The third kappa shape index (κ3) is 4.04. The van der Waals surface area contributed by atoms with E-state index >= 15 is 0 Å². The van der Waals surface area contributed by atoms with Gasteiger partial charge in [-0.3, -0.25) is 0 Å². The molecule has 0 spiro atoms. The Morgan fingerprint density at radius 3 is 2.80 bits per heavy atom. The second-order valence-corrected chi connectivity index (χ2v) is 3.83. The highest BCUT2D eigenvalue weighted by Gasteiger charge is 1.98. The van der Waals surface area contributed by atoms with Crippen molar-refractivity contribution in [2.24, 2.45) is 0 Å². The fraction of sp³-hybridized carbons (Fsp3) is 0.333. The van der Waals surface area contributed by atoms with E-state index in [1.807, 2.05) is 38.4 Å². The molecule has 0 saturated carbocycles. The molecular formula is C12H19N3. The Labute approximate surface area is 91.6 Å². The summed E-state index contributed by atoms with van der Waals surface area (Å²) < 4.78 is 0. The Hall–Kier alpha value is -1.48. The minimum atomic E-state index is 0.767. The minimum Gasteiger partial charge on any atom is -0.399 e. The van der Waals surface area contributed by atoms with Crippen molar-refractivity contribution in [2.45, 2.75) is 0 Å². The van der Waals surface area contributed by atoms with Gasteiger partial charge in [0, 0.05) is 24.5 Å². The third-order valence-corrected chi connectivity index (χ3v) is 2.13. The molecule has 82 valence electrons. The summed E-state index contributed by atoms with van der Waals surface area (Å²) in [5, 5.41) is 3.27. The Morgan fingerprint density at radius 1 is 1.47 bits per heavy atom. The topological polar surface area (TPSA) is 41.3 Å². The fourth-order valence-corrected chi connectivity index (χ4v) is 1.26. The lowest BCUT2D eigenvalue weighted by molar-refractivity contribution is 0.411. The third-order valence-electron chi connectivity index (χ3n) is 2.13. The van der Waals surface area contributed by atoms with Crippen molar-refractivity contribution >= 4 is 11.4 Å². The molecule has 0 unspecified atom stereocenters. The maximum atomic E-state index is 5.70. The van der Waals surface area contributed by atoms with Crippen molar-refractivity contribution in [3.63, 3.8) is 0 Å². The van der Waals surface area contributed by atoms with Gasteiger partial charge in [0.05, 0.1) is 0 Å². The molecule has 0 aliphatic heterocycles.